The molecule has 1 fully saturated rings. The second-order valence-electron chi connectivity index (χ2n) is 4.94. The summed E-state index contributed by atoms with van der Waals surface area (Å²) in [6.45, 7) is 5.27. The first-order chi connectivity index (χ1) is 9.75. The lowest BCUT2D eigenvalue weighted by Gasteiger charge is -2.26. The molecule has 0 saturated carbocycles. The highest BCUT2D eigenvalue weighted by molar-refractivity contribution is 6.35. The van der Waals surface area contributed by atoms with Gasteiger partial charge in [-0.15, -0.1) is 0 Å². The summed E-state index contributed by atoms with van der Waals surface area (Å²) < 4.78 is 11.1. The van der Waals surface area contributed by atoms with Crippen LogP contribution in [0.3, 0.4) is 0 Å². The Labute approximate surface area is 130 Å². The quantitative estimate of drug-likeness (QED) is 0.712. The van der Waals surface area contributed by atoms with E-state index in [-0.39, 0.29) is 0 Å². The van der Waals surface area contributed by atoms with Crippen molar-refractivity contribution in [3.05, 3.63) is 28.2 Å². The Morgan fingerprint density at radius 3 is 2.55 bits per heavy atom. The molecular formula is C15H21Cl2NO2. The lowest BCUT2D eigenvalue weighted by atomic mass is 10.1. The van der Waals surface area contributed by atoms with Gasteiger partial charge in [-0.05, 0) is 44.1 Å². The maximum atomic E-state index is 6.01. The van der Waals surface area contributed by atoms with Crippen LogP contribution in [-0.2, 0) is 4.74 Å². The van der Waals surface area contributed by atoms with Gasteiger partial charge in [-0.3, -0.25) is 0 Å². The fourth-order valence-electron chi connectivity index (χ4n) is 2.28. The van der Waals surface area contributed by atoms with E-state index in [1.807, 2.05) is 0 Å². The normalized spacial score (nSPS) is 16.3. The van der Waals surface area contributed by atoms with Gasteiger partial charge in [0.15, 0.2) is 0 Å². The van der Waals surface area contributed by atoms with Gasteiger partial charge in [0.2, 0.25) is 0 Å². The van der Waals surface area contributed by atoms with Gasteiger partial charge in [0.1, 0.15) is 12.4 Å². The summed E-state index contributed by atoms with van der Waals surface area (Å²) in [5.41, 5.74) is 0. The summed E-state index contributed by atoms with van der Waals surface area (Å²) >= 11 is 11.8. The van der Waals surface area contributed by atoms with Crippen LogP contribution in [0.25, 0.3) is 0 Å². The lowest BCUT2D eigenvalue weighted by molar-refractivity contribution is 0.0751. The Kier molecular flexibility index (Phi) is 6.94. The third-order valence-electron chi connectivity index (χ3n) is 3.38. The highest BCUT2D eigenvalue weighted by Gasteiger charge is 2.09. The van der Waals surface area contributed by atoms with Crippen LogP contribution in [0.4, 0.5) is 0 Å². The summed E-state index contributed by atoms with van der Waals surface area (Å²) in [5, 5.41) is 1.14. The molecule has 0 spiro atoms. The molecule has 1 aliphatic heterocycles. The van der Waals surface area contributed by atoms with E-state index in [9.17, 15) is 0 Å². The molecule has 112 valence electrons. The molecule has 0 aliphatic carbocycles. The van der Waals surface area contributed by atoms with E-state index in [2.05, 4.69) is 4.90 Å². The van der Waals surface area contributed by atoms with E-state index < -0.39 is 0 Å². The minimum atomic E-state index is 0.501. The molecule has 0 bridgehead atoms. The fourth-order valence-corrected chi connectivity index (χ4v) is 2.74. The standard InChI is InChI=1S/C15H21Cl2NO2/c16-13-4-5-15(14(17)12-13)20-11-10-19-9-8-18-6-2-1-3-7-18/h4-5,12H,1-3,6-11H2. The number of ether oxygens (including phenoxy) is 2. The van der Waals surface area contributed by atoms with Gasteiger partial charge in [0, 0.05) is 11.6 Å². The van der Waals surface area contributed by atoms with Crippen molar-refractivity contribution >= 4 is 23.2 Å². The highest BCUT2D eigenvalue weighted by atomic mass is 35.5. The van der Waals surface area contributed by atoms with E-state index >= 15 is 0 Å². The van der Waals surface area contributed by atoms with Crippen molar-refractivity contribution in [1.82, 2.24) is 4.90 Å². The van der Waals surface area contributed by atoms with E-state index in [1.165, 1.54) is 32.4 Å². The SMILES string of the molecule is Clc1ccc(OCCOCCN2CCCCC2)c(Cl)c1. The lowest BCUT2D eigenvalue weighted by Crippen LogP contribution is -2.32. The van der Waals surface area contributed by atoms with Gasteiger partial charge in [-0.25, -0.2) is 0 Å². The summed E-state index contributed by atoms with van der Waals surface area (Å²) in [5.74, 6) is 0.649. The molecule has 1 aliphatic rings. The number of benzene rings is 1. The summed E-state index contributed by atoms with van der Waals surface area (Å²) in [6.07, 6.45) is 4.00. The zero-order valence-electron chi connectivity index (χ0n) is 11.6. The molecule has 1 aromatic rings. The number of nitrogens with zero attached hydrogens (tertiary/aromatic N) is 1. The van der Waals surface area contributed by atoms with Gasteiger partial charge >= 0.3 is 0 Å². The average Bonchev–Trinajstić information content (AvgIpc) is 2.46. The van der Waals surface area contributed by atoms with Crippen molar-refractivity contribution in [2.24, 2.45) is 0 Å². The van der Waals surface area contributed by atoms with Crippen molar-refractivity contribution in [3.63, 3.8) is 0 Å². The Bertz CT molecular complexity index is 409. The number of piperidine rings is 1. The number of halogens is 2. The van der Waals surface area contributed by atoms with Crippen LogP contribution in [0.1, 0.15) is 19.3 Å². The molecule has 0 aromatic heterocycles. The summed E-state index contributed by atoms with van der Waals surface area (Å²) in [4.78, 5) is 2.46. The van der Waals surface area contributed by atoms with E-state index in [0.717, 1.165) is 13.2 Å². The molecule has 0 unspecified atom stereocenters. The second kappa shape index (κ2) is 8.73. The van der Waals surface area contributed by atoms with Crippen molar-refractivity contribution in [1.29, 1.82) is 0 Å². The molecule has 3 nitrogen and oxygen atoms in total. The van der Waals surface area contributed by atoms with E-state index in [1.54, 1.807) is 18.2 Å². The Morgan fingerprint density at radius 1 is 1.00 bits per heavy atom. The molecule has 0 radical (unpaired) electrons. The third-order valence-corrected chi connectivity index (χ3v) is 3.91. The maximum absolute atomic E-state index is 6.01. The predicted molar refractivity (Wildman–Crippen MR) is 83.1 cm³/mol. The van der Waals surface area contributed by atoms with Gasteiger partial charge in [0.05, 0.1) is 18.2 Å². The predicted octanol–water partition coefficient (Wildman–Crippen LogP) is 3.87. The molecular weight excluding hydrogens is 297 g/mol. The van der Waals surface area contributed by atoms with Crippen LogP contribution in [-0.4, -0.2) is 44.4 Å². The van der Waals surface area contributed by atoms with Crippen molar-refractivity contribution in [2.75, 3.05) is 39.5 Å². The molecule has 5 heteroatoms. The number of hydrogen-bond donors (Lipinski definition) is 0. The number of likely N-dealkylation sites (tertiary alicyclic amines) is 1. The topological polar surface area (TPSA) is 21.7 Å². The average molecular weight is 318 g/mol. The third kappa shape index (κ3) is 5.49. The Balaban J connectivity index is 1.55. The van der Waals surface area contributed by atoms with Crippen LogP contribution >= 0.6 is 23.2 Å². The van der Waals surface area contributed by atoms with Gasteiger partial charge in [-0.1, -0.05) is 29.6 Å². The minimum Gasteiger partial charge on any atom is -0.490 e. The van der Waals surface area contributed by atoms with Crippen LogP contribution < -0.4 is 4.74 Å². The zero-order valence-corrected chi connectivity index (χ0v) is 13.1. The molecule has 0 atom stereocenters. The smallest absolute Gasteiger partial charge is 0.138 e. The first-order valence-electron chi connectivity index (χ1n) is 7.13. The molecule has 0 N–H and O–H groups in total. The van der Waals surface area contributed by atoms with Crippen molar-refractivity contribution in [3.8, 4) is 5.75 Å². The largest absolute Gasteiger partial charge is 0.490 e. The van der Waals surface area contributed by atoms with Crippen LogP contribution in [0.5, 0.6) is 5.75 Å². The number of rotatable bonds is 7. The van der Waals surface area contributed by atoms with E-state index in [0.29, 0.717) is 29.0 Å². The van der Waals surface area contributed by atoms with Gasteiger partial charge in [-0.2, -0.15) is 0 Å². The summed E-state index contributed by atoms with van der Waals surface area (Å²) in [7, 11) is 0. The molecule has 1 aromatic carbocycles. The molecule has 1 saturated heterocycles. The molecule has 2 rings (SSSR count). The highest BCUT2D eigenvalue weighted by Crippen LogP contribution is 2.27. The van der Waals surface area contributed by atoms with Crippen LogP contribution in [0, 0.1) is 0 Å². The van der Waals surface area contributed by atoms with Gasteiger partial charge in [0.25, 0.3) is 0 Å². The van der Waals surface area contributed by atoms with Crippen molar-refractivity contribution < 1.29 is 9.47 Å². The van der Waals surface area contributed by atoms with E-state index in [4.69, 9.17) is 32.7 Å². The van der Waals surface area contributed by atoms with Crippen LogP contribution in [0.2, 0.25) is 10.0 Å². The monoisotopic (exact) mass is 317 g/mol. The van der Waals surface area contributed by atoms with Gasteiger partial charge < -0.3 is 14.4 Å². The maximum Gasteiger partial charge on any atom is 0.138 e. The Morgan fingerprint density at radius 2 is 1.80 bits per heavy atom. The number of hydrogen-bond acceptors (Lipinski definition) is 3. The van der Waals surface area contributed by atoms with Crippen molar-refractivity contribution in [2.45, 2.75) is 19.3 Å². The molecule has 1 heterocycles. The fraction of sp³-hybridized carbons (Fsp3) is 0.600. The second-order valence-corrected chi connectivity index (χ2v) is 5.78. The first kappa shape index (κ1) is 15.9. The molecule has 20 heavy (non-hydrogen) atoms. The van der Waals surface area contributed by atoms with Crippen LogP contribution in [0.15, 0.2) is 18.2 Å². The molecule has 0 amide bonds. The summed E-state index contributed by atoms with van der Waals surface area (Å²) in [6, 6.07) is 5.22. The first-order valence-corrected chi connectivity index (χ1v) is 7.89. The zero-order chi connectivity index (χ0) is 14.2. The Hall–Kier alpha value is -0.480. The minimum absolute atomic E-state index is 0.501.